The summed E-state index contributed by atoms with van der Waals surface area (Å²) in [5.74, 6) is 0. The van der Waals surface area contributed by atoms with Gasteiger partial charge in [-0.2, -0.15) is 0 Å². The van der Waals surface area contributed by atoms with Crippen LogP contribution in [0.4, 0.5) is 10.5 Å². The summed E-state index contributed by atoms with van der Waals surface area (Å²) in [5.41, 5.74) is 0.648. The van der Waals surface area contributed by atoms with E-state index in [0.29, 0.717) is 23.3 Å². The summed E-state index contributed by atoms with van der Waals surface area (Å²) in [5, 5.41) is 3.40. The number of rotatable bonds is 5. The number of hydrogen-bond acceptors (Lipinski definition) is 3. The van der Waals surface area contributed by atoms with E-state index in [1.165, 1.54) is 12.8 Å². The normalized spacial score (nSPS) is 16.6. The molecule has 2 amide bonds. The van der Waals surface area contributed by atoms with Crippen LogP contribution in [0.3, 0.4) is 0 Å². The molecule has 1 N–H and O–H groups in total. The van der Waals surface area contributed by atoms with E-state index < -0.39 is 0 Å². The molecule has 0 saturated carbocycles. The monoisotopic (exact) mass is 338 g/mol. The molecule has 0 unspecified atom stereocenters. The molecule has 1 aromatic rings. The number of likely N-dealkylation sites (N-methyl/N-ethyl adjacent to an activating group) is 2. The SMILES string of the molecule is CN1CCC(N(C)CCN(C)C(=O)Nc2ccccc2Cl)CC1. The third kappa shape index (κ3) is 5.37. The van der Waals surface area contributed by atoms with Crippen LogP contribution in [0.15, 0.2) is 24.3 Å². The second-order valence-electron chi connectivity index (χ2n) is 6.35. The lowest BCUT2D eigenvalue weighted by molar-refractivity contribution is 0.136. The van der Waals surface area contributed by atoms with Crippen molar-refractivity contribution in [2.24, 2.45) is 0 Å². The number of benzene rings is 1. The lowest BCUT2D eigenvalue weighted by Crippen LogP contribution is -2.45. The number of nitrogens with zero attached hydrogens (tertiary/aromatic N) is 3. The van der Waals surface area contributed by atoms with E-state index in [1.807, 2.05) is 19.2 Å². The van der Waals surface area contributed by atoms with Crippen molar-refractivity contribution in [3.05, 3.63) is 29.3 Å². The van der Waals surface area contributed by atoms with Crippen LogP contribution in [-0.2, 0) is 0 Å². The molecule has 0 spiro atoms. The molecule has 0 aliphatic carbocycles. The van der Waals surface area contributed by atoms with Gasteiger partial charge in [0, 0.05) is 26.2 Å². The van der Waals surface area contributed by atoms with Crippen LogP contribution >= 0.6 is 11.6 Å². The van der Waals surface area contributed by atoms with Crippen molar-refractivity contribution >= 4 is 23.3 Å². The highest BCUT2D eigenvalue weighted by molar-refractivity contribution is 6.33. The summed E-state index contributed by atoms with van der Waals surface area (Å²) in [6, 6.07) is 7.76. The fraction of sp³-hybridized carbons (Fsp3) is 0.588. The number of urea groups is 1. The first-order chi connectivity index (χ1) is 11.0. The van der Waals surface area contributed by atoms with Crippen molar-refractivity contribution < 1.29 is 4.79 Å². The predicted molar refractivity (Wildman–Crippen MR) is 96.2 cm³/mol. The first-order valence-electron chi connectivity index (χ1n) is 8.13. The Bertz CT molecular complexity index is 517. The van der Waals surface area contributed by atoms with Gasteiger partial charge in [0.2, 0.25) is 0 Å². The minimum atomic E-state index is -0.130. The number of amides is 2. The molecule has 1 aliphatic heterocycles. The smallest absolute Gasteiger partial charge is 0.321 e. The fourth-order valence-electron chi connectivity index (χ4n) is 2.80. The van der Waals surface area contributed by atoms with Crippen molar-refractivity contribution in [1.82, 2.24) is 14.7 Å². The second kappa shape index (κ2) is 8.52. The number of carbonyl (C=O) groups excluding carboxylic acids is 1. The first-order valence-corrected chi connectivity index (χ1v) is 8.50. The minimum absolute atomic E-state index is 0.130. The predicted octanol–water partition coefficient (Wildman–Crippen LogP) is 2.83. The van der Waals surface area contributed by atoms with Gasteiger partial charge in [0.05, 0.1) is 10.7 Å². The van der Waals surface area contributed by atoms with E-state index in [1.54, 1.807) is 17.0 Å². The van der Waals surface area contributed by atoms with Crippen LogP contribution in [0.25, 0.3) is 0 Å². The van der Waals surface area contributed by atoms with Gasteiger partial charge in [0.25, 0.3) is 0 Å². The van der Waals surface area contributed by atoms with Crippen molar-refractivity contribution in [2.45, 2.75) is 18.9 Å². The first kappa shape index (κ1) is 18.0. The van der Waals surface area contributed by atoms with E-state index in [9.17, 15) is 4.79 Å². The summed E-state index contributed by atoms with van der Waals surface area (Å²) in [6.07, 6.45) is 2.39. The molecule has 2 rings (SSSR count). The Morgan fingerprint density at radius 3 is 2.57 bits per heavy atom. The zero-order chi connectivity index (χ0) is 16.8. The summed E-state index contributed by atoms with van der Waals surface area (Å²) in [7, 11) is 6.13. The number of piperidine rings is 1. The molecule has 0 bridgehead atoms. The van der Waals surface area contributed by atoms with Gasteiger partial charge in [-0.1, -0.05) is 23.7 Å². The lowest BCUT2D eigenvalue weighted by Gasteiger charge is -2.35. The van der Waals surface area contributed by atoms with E-state index in [-0.39, 0.29) is 6.03 Å². The Hall–Kier alpha value is -1.30. The maximum absolute atomic E-state index is 12.2. The van der Waals surface area contributed by atoms with Crippen LogP contribution in [0.1, 0.15) is 12.8 Å². The quantitative estimate of drug-likeness (QED) is 0.897. The topological polar surface area (TPSA) is 38.8 Å². The molecular weight excluding hydrogens is 312 g/mol. The Labute approximate surface area is 144 Å². The van der Waals surface area contributed by atoms with E-state index >= 15 is 0 Å². The average molecular weight is 339 g/mol. The second-order valence-corrected chi connectivity index (χ2v) is 6.75. The van der Waals surface area contributed by atoms with Crippen LogP contribution < -0.4 is 5.32 Å². The molecule has 6 heteroatoms. The Balaban J connectivity index is 1.76. The van der Waals surface area contributed by atoms with Gasteiger partial charge >= 0.3 is 6.03 Å². The molecular formula is C17H27ClN4O. The van der Waals surface area contributed by atoms with Crippen molar-refractivity contribution in [2.75, 3.05) is 52.6 Å². The molecule has 1 aliphatic rings. The summed E-state index contributed by atoms with van der Waals surface area (Å²) in [4.78, 5) is 18.7. The van der Waals surface area contributed by atoms with Gasteiger partial charge < -0.3 is 20.0 Å². The van der Waals surface area contributed by atoms with Gasteiger partial charge in [-0.3, -0.25) is 0 Å². The molecule has 128 valence electrons. The highest BCUT2D eigenvalue weighted by Gasteiger charge is 2.21. The minimum Gasteiger partial charge on any atom is -0.326 e. The Morgan fingerprint density at radius 1 is 1.26 bits per heavy atom. The number of para-hydroxylation sites is 1. The van der Waals surface area contributed by atoms with Crippen molar-refractivity contribution in [3.63, 3.8) is 0 Å². The van der Waals surface area contributed by atoms with Crippen LogP contribution in [-0.4, -0.2) is 74.1 Å². The summed E-state index contributed by atoms with van der Waals surface area (Å²) in [6.45, 7) is 3.87. The maximum Gasteiger partial charge on any atom is 0.321 e. The average Bonchev–Trinajstić information content (AvgIpc) is 2.55. The third-order valence-corrected chi connectivity index (χ3v) is 4.89. The number of carbonyl (C=O) groups is 1. The van der Waals surface area contributed by atoms with Gasteiger partial charge in [-0.15, -0.1) is 0 Å². The molecule has 1 saturated heterocycles. The van der Waals surface area contributed by atoms with Crippen LogP contribution in [0, 0.1) is 0 Å². The molecule has 0 aromatic heterocycles. The highest BCUT2D eigenvalue weighted by Crippen LogP contribution is 2.20. The molecule has 23 heavy (non-hydrogen) atoms. The van der Waals surface area contributed by atoms with E-state index in [2.05, 4.69) is 29.2 Å². The van der Waals surface area contributed by atoms with Crippen LogP contribution in [0.5, 0.6) is 0 Å². The van der Waals surface area contributed by atoms with Gasteiger partial charge in [-0.05, 0) is 52.2 Å². The molecule has 0 atom stereocenters. The number of halogens is 1. The molecule has 5 nitrogen and oxygen atoms in total. The van der Waals surface area contributed by atoms with E-state index in [4.69, 9.17) is 11.6 Å². The standard InChI is InChI=1S/C17H27ClN4O/c1-20-10-8-14(9-11-20)21(2)12-13-22(3)17(23)19-16-7-5-4-6-15(16)18/h4-7,14H,8-13H2,1-3H3,(H,19,23). The van der Waals surface area contributed by atoms with E-state index in [0.717, 1.165) is 19.6 Å². The highest BCUT2D eigenvalue weighted by atomic mass is 35.5. The Morgan fingerprint density at radius 2 is 1.91 bits per heavy atom. The zero-order valence-electron chi connectivity index (χ0n) is 14.3. The maximum atomic E-state index is 12.2. The number of anilines is 1. The lowest BCUT2D eigenvalue weighted by atomic mass is 10.0. The van der Waals surface area contributed by atoms with Crippen molar-refractivity contribution in [3.8, 4) is 0 Å². The Kier molecular flexibility index (Phi) is 6.69. The summed E-state index contributed by atoms with van der Waals surface area (Å²) < 4.78 is 0. The fourth-order valence-corrected chi connectivity index (χ4v) is 2.98. The molecule has 1 heterocycles. The number of hydrogen-bond donors (Lipinski definition) is 1. The number of likely N-dealkylation sites (tertiary alicyclic amines) is 1. The number of nitrogens with one attached hydrogen (secondary N) is 1. The largest absolute Gasteiger partial charge is 0.326 e. The third-order valence-electron chi connectivity index (χ3n) is 4.56. The van der Waals surface area contributed by atoms with Gasteiger partial charge in [0.1, 0.15) is 0 Å². The molecule has 1 fully saturated rings. The van der Waals surface area contributed by atoms with Gasteiger partial charge in [-0.25, -0.2) is 4.79 Å². The summed E-state index contributed by atoms with van der Waals surface area (Å²) >= 11 is 6.07. The van der Waals surface area contributed by atoms with Crippen molar-refractivity contribution in [1.29, 1.82) is 0 Å². The molecule has 0 radical (unpaired) electrons. The van der Waals surface area contributed by atoms with Gasteiger partial charge in [0.15, 0.2) is 0 Å². The van der Waals surface area contributed by atoms with Crippen LogP contribution in [0.2, 0.25) is 5.02 Å². The molecule has 1 aromatic carbocycles. The zero-order valence-corrected chi connectivity index (χ0v) is 15.0.